The molecule has 0 aliphatic heterocycles. The molecule has 0 spiro atoms. The molecule has 0 aliphatic carbocycles. The molecule has 0 saturated heterocycles. The van der Waals surface area contributed by atoms with Crippen LogP contribution in [0.4, 0.5) is 14.5 Å². The number of amides is 1. The quantitative estimate of drug-likeness (QED) is 0.830. The van der Waals surface area contributed by atoms with Crippen molar-refractivity contribution in [1.29, 1.82) is 0 Å². The van der Waals surface area contributed by atoms with Crippen molar-refractivity contribution in [2.75, 3.05) is 5.32 Å². The lowest BCUT2D eigenvalue weighted by Crippen LogP contribution is -2.13. The second-order valence-corrected chi connectivity index (χ2v) is 3.79. The molecule has 0 atom stereocenters. The first kappa shape index (κ1) is 12.2. The van der Waals surface area contributed by atoms with Gasteiger partial charge in [0.2, 0.25) is 11.9 Å². The molecule has 3 nitrogen and oxygen atoms in total. The minimum Gasteiger partial charge on any atom is -0.318 e. The summed E-state index contributed by atoms with van der Waals surface area (Å²) in [6.07, 6.45) is 0. The van der Waals surface area contributed by atoms with Crippen molar-refractivity contribution in [3.05, 3.63) is 59.4 Å². The van der Waals surface area contributed by atoms with Gasteiger partial charge in [-0.1, -0.05) is 17.7 Å². The number of aromatic nitrogens is 1. The summed E-state index contributed by atoms with van der Waals surface area (Å²) in [6.45, 7) is 1.89. The molecule has 2 aromatic rings. The van der Waals surface area contributed by atoms with Gasteiger partial charge in [-0.3, -0.25) is 4.79 Å². The van der Waals surface area contributed by atoms with E-state index in [4.69, 9.17) is 0 Å². The van der Waals surface area contributed by atoms with Crippen molar-refractivity contribution in [2.45, 2.75) is 6.92 Å². The Morgan fingerprint density at radius 1 is 1.11 bits per heavy atom. The number of anilines is 1. The first-order valence-electron chi connectivity index (χ1n) is 5.26. The Morgan fingerprint density at radius 2 is 1.78 bits per heavy atom. The van der Waals surface area contributed by atoms with Gasteiger partial charge >= 0.3 is 0 Å². The summed E-state index contributed by atoms with van der Waals surface area (Å²) >= 11 is 0. The average molecular weight is 248 g/mol. The Kier molecular flexibility index (Phi) is 3.32. The number of nitrogens with one attached hydrogen (secondary N) is 1. The third-order valence-corrected chi connectivity index (χ3v) is 2.38. The maximum atomic E-state index is 13.2. The summed E-state index contributed by atoms with van der Waals surface area (Å²) in [5.74, 6) is -2.45. The Hall–Kier alpha value is -2.30. The number of benzene rings is 1. The van der Waals surface area contributed by atoms with Crippen molar-refractivity contribution in [1.82, 2.24) is 4.98 Å². The molecular weight excluding hydrogens is 238 g/mol. The molecule has 5 heteroatoms. The molecule has 0 saturated carbocycles. The smallest absolute Gasteiger partial charge is 0.255 e. The van der Waals surface area contributed by atoms with E-state index < -0.39 is 17.8 Å². The van der Waals surface area contributed by atoms with Gasteiger partial charge in [-0.25, -0.2) is 0 Å². The molecule has 1 amide bonds. The van der Waals surface area contributed by atoms with Gasteiger partial charge in [0.05, 0.1) is 5.69 Å². The van der Waals surface area contributed by atoms with E-state index in [0.29, 0.717) is 5.56 Å². The first-order valence-corrected chi connectivity index (χ1v) is 5.26. The topological polar surface area (TPSA) is 42.0 Å². The van der Waals surface area contributed by atoms with E-state index in [2.05, 4.69) is 10.3 Å². The van der Waals surface area contributed by atoms with Crippen LogP contribution in [0.2, 0.25) is 0 Å². The number of pyridine rings is 1. The van der Waals surface area contributed by atoms with Crippen molar-refractivity contribution < 1.29 is 13.6 Å². The highest BCUT2D eigenvalue weighted by Crippen LogP contribution is 2.13. The second-order valence-electron chi connectivity index (χ2n) is 3.79. The lowest BCUT2D eigenvalue weighted by Gasteiger charge is -2.05. The molecule has 0 radical (unpaired) electrons. The maximum Gasteiger partial charge on any atom is 0.255 e. The molecule has 1 aromatic heterocycles. The summed E-state index contributed by atoms with van der Waals surface area (Å²) in [5, 5.41) is 2.33. The van der Waals surface area contributed by atoms with E-state index in [1.54, 1.807) is 24.3 Å². The highest BCUT2D eigenvalue weighted by molar-refractivity contribution is 6.04. The fourth-order valence-corrected chi connectivity index (χ4v) is 1.40. The van der Waals surface area contributed by atoms with Crippen LogP contribution >= 0.6 is 0 Å². The largest absolute Gasteiger partial charge is 0.318 e. The normalized spacial score (nSPS) is 10.2. The van der Waals surface area contributed by atoms with E-state index in [-0.39, 0.29) is 5.69 Å². The summed E-state index contributed by atoms with van der Waals surface area (Å²) in [7, 11) is 0. The molecular formula is C13H10F2N2O. The zero-order valence-electron chi connectivity index (χ0n) is 9.58. The van der Waals surface area contributed by atoms with Crippen molar-refractivity contribution >= 4 is 11.6 Å². The van der Waals surface area contributed by atoms with Crippen molar-refractivity contribution in [3.8, 4) is 0 Å². The minimum atomic E-state index is -1.05. The van der Waals surface area contributed by atoms with Crippen LogP contribution in [0.25, 0.3) is 0 Å². The number of carbonyl (C=O) groups is 1. The predicted molar refractivity (Wildman–Crippen MR) is 63.3 cm³/mol. The van der Waals surface area contributed by atoms with Crippen LogP contribution in [-0.2, 0) is 0 Å². The predicted octanol–water partition coefficient (Wildman–Crippen LogP) is 2.92. The number of nitrogens with zero attached hydrogens (tertiary/aromatic N) is 1. The Bertz CT molecular complexity index is 582. The van der Waals surface area contributed by atoms with Crippen LogP contribution in [0.5, 0.6) is 0 Å². The molecule has 0 aliphatic rings. The SMILES string of the molecule is Cc1ccc(C(=O)Nc2ccc(F)nc2F)cc1. The summed E-state index contributed by atoms with van der Waals surface area (Å²) in [5.41, 5.74) is 1.26. The van der Waals surface area contributed by atoms with E-state index in [0.717, 1.165) is 17.7 Å². The van der Waals surface area contributed by atoms with E-state index in [1.807, 2.05) is 6.92 Å². The maximum absolute atomic E-state index is 13.2. The minimum absolute atomic E-state index is 0.151. The van der Waals surface area contributed by atoms with Gasteiger partial charge in [0.25, 0.3) is 5.91 Å². The highest BCUT2D eigenvalue weighted by Gasteiger charge is 2.10. The zero-order valence-corrected chi connectivity index (χ0v) is 9.58. The van der Waals surface area contributed by atoms with Gasteiger partial charge in [0, 0.05) is 5.56 Å². The highest BCUT2D eigenvalue weighted by atomic mass is 19.1. The molecule has 1 N–H and O–H groups in total. The molecule has 2 rings (SSSR count). The Labute approximate surface area is 102 Å². The van der Waals surface area contributed by atoms with Gasteiger partial charge < -0.3 is 5.32 Å². The van der Waals surface area contributed by atoms with E-state index in [1.165, 1.54) is 0 Å². The number of hydrogen-bond donors (Lipinski definition) is 1. The van der Waals surface area contributed by atoms with Crippen LogP contribution in [-0.4, -0.2) is 10.9 Å². The standard InChI is InChI=1S/C13H10F2N2O/c1-8-2-4-9(5-3-8)13(18)16-10-6-7-11(14)17-12(10)15/h2-7H,1H3,(H,16,18). The van der Waals surface area contributed by atoms with Gasteiger partial charge in [0.15, 0.2) is 0 Å². The number of aryl methyl sites for hydroxylation is 1. The van der Waals surface area contributed by atoms with Gasteiger partial charge in [0.1, 0.15) is 0 Å². The van der Waals surface area contributed by atoms with Crippen LogP contribution in [0.15, 0.2) is 36.4 Å². The number of halogens is 2. The molecule has 0 bridgehead atoms. The first-order chi connectivity index (χ1) is 8.56. The second kappa shape index (κ2) is 4.91. The Morgan fingerprint density at radius 3 is 2.39 bits per heavy atom. The van der Waals surface area contributed by atoms with Crippen LogP contribution in [0.1, 0.15) is 15.9 Å². The molecule has 1 heterocycles. The number of hydrogen-bond acceptors (Lipinski definition) is 2. The summed E-state index contributed by atoms with van der Waals surface area (Å²) < 4.78 is 25.8. The molecule has 92 valence electrons. The number of rotatable bonds is 2. The van der Waals surface area contributed by atoms with Gasteiger partial charge in [-0.05, 0) is 31.2 Å². The van der Waals surface area contributed by atoms with Gasteiger partial charge in [-0.2, -0.15) is 13.8 Å². The monoisotopic (exact) mass is 248 g/mol. The summed E-state index contributed by atoms with van der Waals surface area (Å²) in [4.78, 5) is 14.7. The van der Waals surface area contributed by atoms with Crippen molar-refractivity contribution in [3.63, 3.8) is 0 Å². The van der Waals surface area contributed by atoms with E-state index in [9.17, 15) is 13.6 Å². The van der Waals surface area contributed by atoms with Crippen LogP contribution < -0.4 is 5.32 Å². The van der Waals surface area contributed by atoms with Crippen molar-refractivity contribution in [2.24, 2.45) is 0 Å². The zero-order chi connectivity index (χ0) is 13.1. The van der Waals surface area contributed by atoms with E-state index >= 15 is 0 Å². The Balaban J connectivity index is 2.18. The third-order valence-electron chi connectivity index (χ3n) is 2.38. The number of carbonyl (C=O) groups excluding carboxylic acids is 1. The fraction of sp³-hybridized carbons (Fsp3) is 0.0769. The lowest BCUT2D eigenvalue weighted by molar-refractivity contribution is 0.102. The molecule has 0 fully saturated rings. The van der Waals surface area contributed by atoms with Crippen LogP contribution in [0, 0.1) is 18.8 Å². The molecule has 18 heavy (non-hydrogen) atoms. The fourth-order valence-electron chi connectivity index (χ4n) is 1.40. The molecule has 1 aromatic carbocycles. The average Bonchev–Trinajstić information content (AvgIpc) is 2.33. The third kappa shape index (κ3) is 2.68. The lowest BCUT2D eigenvalue weighted by atomic mass is 10.1. The van der Waals surface area contributed by atoms with Crippen LogP contribution in [0.3, 0.4) is 0 Å². The molecule has 0 unspecified atom stereocenters. The summed E-state index contributed by atoms with van der Waals surface area (Å²) in [6, 6.07) is 8.90. The van der Waals surface area contributed by atoms with Gasteiger partial charge in [-0.15, -0.1) is 0 Å².